The summed E-state index contributed by atoms with van der Waals surface area (Å²) in [5, 5.41) is 10.3. The third-order valence-corrected chi connectivity index (χ3v) is 4.03. The Morgan fingerprint density at radius 3 is 2.24 bits per heavy atom. The molecule has 0 fully saturated rings. The van der Waals surface area contributed by atoms with E-state index in [2.05, 4.69) is 62.2 Å². The minimum atomic E-state index is -0.342. The van der Waals surface area contributed by atoms with Crippen LogP contribution < -0.4 is 0 Å². The van der Waals surface area contributed by atoms with Gasteiger partial charge in [0.2, 0.25) is 0 Å². The molecular weight excluding hydrogens is 258 g/mol. The molecule has 0 radical (unpaired) electrons. The molecule has 1 N–H and O–H groups in total. The maximum atomic E-state index is 10.3. The number of hydrogen-bond donors (Lipinski definition) is 1. The van der Waals surface area contributed by atoms with Gasteiger partial charge in [-0.25, -0.2) is 0 Å². The molecule has 2 heteroatoms. The maximum absolute atomic E-state index is 10.3. The quantitative estimate of drug-likeness (QED) is 0.875. The van der Waals surface area contributed by atoms with Gasteiger partial charge in [-0.05, 0) is 38.4 Å². The van der Waals surface area contributed by atoms with E-state index in [1.54, 1.807) is 0 Å². The van der Waals surface area contributed by atoms with Gasteiger partial charge in [0.1, 0.15) is 0 Å². The Bertz CT molecular complexity index is 535. The normalized spacial score (nSPS) is 14.1. The summed E-state index contributed by atoms with van der Waals surface area (Å²) in [4.78, 5) is 2.21. The van der Waals surface area contributed by atoms with Gasteiger partial charge in [0.15, 0.2) is 0 Å². The van der Waals surface area contributed by atoms with E-state index in [9.17, 15) is 5.11 Å². The number of rotatable bonds is 6. The van der Waals surface area contributed by atoms with Gasteiger partial charge < -0.3 is 5.11 Å². The summed E-state index contributed by atoms with van der Waals surface area (Å²) < 4.78 is 0. The topological polar surface area (TPSA) is 23.5 Å². The molecule has 0 spiro atoms. The summed E-state index contributed by atoms with van der Waals surface area (Å²) in [6, 6.07) is 19.1. The predicted molar refractivity (Wildman–Crippen MR) is 88.4 cm³/mol. The largest absolute Gasteiger partial charge is 0.391 e. The molecule has 2 rings (SSSR count). The van der Waals surface area contributed by atoms with Crippen molar-refractivity contribution in [2.24, 2.45) is 0 Å². The number of aliphatic hydroxyl groups excluding tert-OH is 1. The molecule has 0 aromatic heterocycles. The lowest BCUT2D eigenvalue weighted by Crippen LogP contribution is -2.32. The van der Waals surface area contributed by atoms with Crippen LogP contribution in [0.25, 0.3) is 0 Å². The zero-order valence-electron chi connectivity index (χ0n) is 13.2. The number of aliphatic hydroxyl groups is 1. The molecule has 2 nitrogen and oxygen atoms in total. The highest BCUT2D eigenvalue weighted by Crippen LogP contribution is 2.19. The van der Waals surface area contributed by atoms with Gasteiger partial charge in [-0.1, -0.05) is 60.2 Å². The summed E-state index contributed by atoms with van der Waals surface area (Å²) in [5.41, 5.74) is 3.74. The fraction of sp³-hybridized carbons (Fsp3) is 0.368. The zero-order chi connectivity index (χ0) is 15.2. The van der Waals surface area contributed by atoms with Crippen molar-refractivity contribution < 1.29 is 5.11 Å². The van der Waals surface area contributed by atoms with Crippen LogP contribution in [0.15, 0.2) is 54.6 Å². The number of aryl methyl sites for hydroxylation is 1. The van der Waals surface area contributed by atoms with Gasteiger partial charge in [0, 0.05) is 12.6 Å². The third-order valence-electron chi connectivity index (χ3n) is 4.03. The lowest BCUT2D eigenvalue weighted by Gasteiger charge is -2.27. The summed E-state index contributed by atoms with van der Waals surface area (Å²) in [6.45, 7) is 4.95. The smallest absolute Gasteiger partial charge is 0.0707 e. The van der Waals surface area contributed by atoms with Crippen molar-refractivity contribution in [2.45, 2.75) is 32.4 Å². The van der Waals surface area contributed by atoms with Gasteiger partial charge in [-0.3, -0.25) is 4.90 Å². The Morgan fingerprint density at radius 1 is 1.00 bits per heavy atom. The Balaban J connectivity index is 1.91. The van der Waals surface area contributed by atoms with Gasteiger partial charge in [-0.2, -0.15) is 0 Å². The highest BCUT2D eigenvalue weighted by Gasteiger charge is 2.15. The van der Waals surface area contributed by atoms with E-state index in [4.69, 9.17) is 0 Å². The van der Waals surface area contributed by atoms with Crippen LogP contribution in [0.2, 0.25) is 0 Å². The molecule has 0 heterocycles. The molecule has 21 heavy (non-hydrogen) atoms. The minimum absolute atomic E-state index is 0.302. The number of hydrogen-bond acceptors (Lipinski definition) is 2. The summed E-state index contributed by atoms with van der Waals surface area (Å²) in [7, 11) is 2.07. The lowest BCUT2D eigenvalue weighted by atomic mass is 10.0. The van der Waals surface area contributed by atoms with Crippen molar-refractivity contribution in [2.75, 3.05) is 13.6 Å². The van der Waals surface area contributed by atoms with E-state index < -0.39 is 0 Å². The summed E-state index contributed by atoms with van der Waals surface area (Å²) >= 11 is 0. The molecular formula is C19H25NO. The monoisotopic (exact) mass is 283 g/mol. The molecule has 112 valence electrons. The van der Waals surface area contributed by atoms with E-state index in [-0.39, 0.29) is 6.10 Å². The zero-order valence-corrected chi connectivity index (χ0v) is 13.2. The number of likely N-dealkylation sites (N-methyl/N-ethyl adjacent to an activating group) is 1. The van der Waals surface area contributed by atoms with Crippen molar-refractivity contribution in [1.82, 2.24) is 4.90 Å². The SMILES string of the molecule is Cc1ccc(C(C)N(C)CC(O)Cc2ccccc2)cc1. The van der Waals surface area contributed by atoms with E-state index in [1.807, 2.05) is 18.2 Å². The second-order valence-electron chi connectivity index (χ2n) is 5.87. The van der Waals surface area contributed by atoms with E-state index in [1.165, 1.54) is 16.7 Å². The predicted octanol–water partition coefficient (Wildman–Crippen LogP) is 3.59. The Hall–Kier alpha value is -1.64. The van der Waals surface area contributed by atoms with E-state index in [0.29, 0.717) is 19.0 Å². The highest BCUT2D eigenvalue weighted by atomic mass is 16.3. The average molecular weight is 283 g/mol. The van der Waals surface area contributed by atoms with Crippen LogP contribution in [0.1, 0.15) is 29.7 Å². The van der Waals surface area contributed by atoms with Gasteiger partial charge in [0.25, 0.3) is 0 Å². The molecule has 2 atom stereocenters. The van der Waals surface area contributed by atoms with Crippen molar-refractivity contribution >= 4 is 0 Å². The number of benzene rings is 2. The van der Waals surface area contributed by atoms with Crippen LogP contribution in [0, 0.1) is 6.92 Å². The first-order valence-electron chi connectivity index (χ1n) is 7.55. The van der Waals surface area contributed by atoms with Crippen LogP contribution in [0.3, 0.4) is 0 Å². The standard InChI is InChI=1S/C19H25NO/c1-15-9-11-18(12-10-15)16(2)20(3)14-19(21)13-17-7-5-4-6-8-17/h4-12,16,19,21H,13-14H2,1-3H3. The van der Waals surface area contributed by atoms with Gasteiger partial charge >= 0.3 is 0 Å². The molecule has 2 aromatic rings. The maximum Gasteiger partial charge on any atom is 0.0707 e. The Kier molecular flexibility index (Phi) is 5.54. The first kappa shape index (κ1) is 15.7. The first-order chi connectivity index (χ1) is 10.1. The summed E-state index contributed by atoms with van der Waals surface area (Å²) in [6.07, 6.45) is 0.358. The van der Waals surface area contributed by atoms with Crippen molar-refractivity contribution in [3.8, 4) is 0 Å². The van der Waals surface area contributed by atoms with Crippen LogP contribution in [-0.4, -0.2) is 29.7 Å². The van der Waals surface area contributed by atoms with Crippen LogP contribution in [-0.2, 0) is 6.42 Å². The average Bonchev–Trinajstić information content (AvgIpc) is 2.48. The van der Waals surface area contributed by atoms with E-state index in [0.717, 1.165) is 0 Å². The minimum Gasteiger partial charge on any atom is -0.391 e. The molecule has 2 unspecified atom stereocenters. The fourth-order valence-electron chi connectivity index (χ4n) is 2.54. The van der Waals surface area contributed by atoms with Gasteiger partial charge in [-0.15, -0.1) is 0 Å². The van der Waals surface area contributed by atoms with Crippen molar-refractivity contribution in [3.05, 3.63) is 71.3 Å². The second kappa shape index (κ2) is 7.39. The molecule has 0 aliphatic carbocycles. The molecule has 0 aliphatic heterocycles. The summed E-state index contributed by atoms with van der Waals surface area (Å²) in [5.74, 6) is 0. The van der Waals surface area contributed by atoms with Gasteiger partial charge in [0.05, 0.1) is 6.10 Å². The molecule has 0 aliphatic rings. The second-order valence-corrected chi connectivity index (χ2v) is 5.87. The molecule has 0 bridgehead atoms. The molecule has 0 saturated carbocycles. The third kappa shape index (κ3) is 4.69. The van der Waals surface area contributed by atoms with Crippen LogP contribution in [0.4, 0.5) is 0 Å². The Morgan fingerprint density at radius 2 is 1.62 bits per heavy atom. The van der Waals surface area contributed by atoms with Crippen LogP contribution >= 0.6 is 0 Å². The molecule has 2 aromatic carbocycles. The molecule has 0 saturated heterocycles. The van der Waals surface area contributed by atoms with Crippen molar-refractivity contribution in [1.29, 1.82) is 0 Å². The number of nitrogens with zero attached hydrogens (tertiary/aromatic N) is 1. The lowest BCUT2D eigenvalue weighted by molar-refractivity contribution is 0.108. The van der Waals surface area contributed by atoms with Crippen molar-refractivity contribution in [3.63, 3.8) is 0 Å². The fourth-order valence-corrected chi connectivity index (χ4v) is 2.54. The van der Waals surface area contributed by atoms with E-state index >= 15 is 0 Å². The Labute approximate surface area is 128 Å². The van der Waals surface area contributed by atoms with Crippen LogP contribution in [0.5, 0.6) is 0 Å². The molecule has 0 amide bonds. The highest BCUT2D eigenvalue weighted by molar-refractivity contribution is 5.23. The first-order valence-corrected chi connectivity index (χ1v) is 7.55.